The fourth-order valence-corrected chi connectivity index (χ4v) is 3.20. The van der Waals surface area contributed by atoms with Crippen molar-refractivity contribution < 1.29 is 18.8 Å². The molecule has 0 atom stereocenters. The molecule has 0 saturated carbocycles. The van der Waals surface area contributed by atoms with E-state index < -0.39 is 0 Å². The summed E-state index contributed by atoms with van der Waals surface area (Å²) in [6.07, 6.45) is 0.464. The fraction of sp³-hybridized carbons (Fsp3) is 0.200. The van der Waals surface area contributed by atoms with E-state index in [2.05, 4.69) is 20.8 Å². The second-order valence-electron chi connectivity index (χ2n) is 6.67. The molecule has 1 aliphatic heterocycles. The lowest BCUT2D eigenvalue weighted by Crippen LogP contribution is -2.32. The number of fused-ring (bicyclic) bond motifs is 1. The topological polar surface area (TPSA) is 110 Å². The number of tetrazole rings is 1. The summed E-state index contributed by atoms with van der Waals surface area (Å²) in [6, 6.07) is 12.3. The van der Waals surface area contributed by atoms with Crippen molar-refractivity contribution in [1.29, 1.82) is 0 Å². The third-order valence-electron chi connectivity index (χ3n) is 4.71. The van der Waals surface area contributed by atoms with Crippen LogP contribution in [0.4, 0.5) is 4.39 Å². The molecule has 3 amide bonds. The number of nitrogens with zero attached hydrogens (tertiary/aromatic N) is 5. The molecule has 0 saturated heterocycles. The van der Waals surface area contributed by atoms with E-state index in [1.54, 1.807) is 24.3 Å². The van der Waals surface area contributed by atoms with Crippen molar-refractivity contribution in [3.63, 3.8) is 0 Å². The van der Waals surface area contributed by atoms with Gasteiger partial charge in [-0.15, -0.1) is 5.10 Å². The molecular formula is C20H17FN6O3. The van der Waals surface area contributed by atoms with Crippen molar-refractivity contribution in [2.75, 3.05) is 6.54 Å². The van der Waals surface area contributed by atoms with Crippen LogP contribution in [0.2, 0.25) is 0 Å². The average molecular weight is 408 g/mol. The Morgan fingerprint density at radius 1 is 1.00 bits per heavy atom. The summed E-state index contributed by atoms with van der Waals surface area (Å²) in [5.74, 6) is -0.931. The number of benzene rings is 2. The molecule has 0 fully saturated rings. The highest BCUT2D eigenvalue weighted by molar-refractivity contribution is 6.21. The van der Waals surface area contributed by atoms with E-state index in [0.717, 1.165) is 4.90 Å². The number of imide groups is 1. The molecule has 1 aliphatic rings. The Labute approximate surface area is 170 Å². The van der Waals surface area contributed by atoms with Crippen molar-refractivity contribution >= 4 is 17.7 Å². The minimum absolute atomic E-state index is 0.0796. The van der Waals surface area contributed by atoms with Crippen LogP contribution in [0.5, 0.6) is 0 Å². The maximum Gasteiger partial charge on any atom is 0.261 e. The second-order valence-corrected chi connectivity index (χ2v) is 6.67. The van der Waals surface area contributed by atoms with Crippen LogP contribution in [0.25, 0.3) is 5.69 Å². The minimum atomic E-state index is -0.375. The number of aromatic nitrogens is 4. The van der Waals surface area contributed by atoms with Gasteiger partial charge in [0.2, 0.25) is 5.91 Å². The van der Waals surface area contributed by atoms with Gasteiger partial charge in [0.15, 0.2) is 5.82 Å². The van der Waals surface area contributed by atoms with Crippen molar-refractivity contribution in [3.8, 4) is 5.69 Å². The van der Waals surface area contributed by atoms with Crippen molar-refractivity contribution in [2.45, 2.75) is 19.4 Å². The van der Waals surface area contributed by atoms with Crippen molar-refractivity contribution in [1.82, 2.24) is 30.4 Å². The molecule has 0 unspecified atom stereocenters. The molecule has 1 N–H and O–H groups in total. The van der Waals surface area contributed by atoms with E-state index in [0.29, 0.717) is 29.1 Å². The Hall–Kier alpha value is -3.95. The van der Waals surface area contributed by atoms with E-state index in [1.807, 2.05) is 0 Å². The fourth-order valence-electron chi connectivity index (χ4n) is 3.20. The largest absolute Gasteiger partial charge is 0.349 e. The number of carbonyl (C=O) groups is 3. The molecule has 2 aromatic carbocycles. The summed E-state index contributed by atoms with van der Waals surface area (Å²) in [6.45, 7) is 0.239. The van der Waals surface area contributed by atoms with E-state index in [1.165, 1.54) is 28.9 Å². The van der Waals surface area contributed by atoms with Gasteiger partial charge < -0.3 is 5.32 Å². The molecule has 0 spiro atoms. The number of halogens is 1. The number of carbonyl (C=O) groups excluding carboxylic acids is 3. The first-order chi connectivity index (χ1) is 14.5. The number of hydrogen-bond donors (Lipinski definition) is 1. The van der Waals surface area contributed by atoms with Crippen LogP contribution < -0.4 is 5.32 Å². The molecule has 3 aromatic rings. The predicted octanol–water partition coefficient (Wildman–Crippen LogP) is 1.49. The third-order valence-corrected chi connectivity index (χ3v) is 4.71. The molecule has 0 radical (unpaired) electrons. The summed E-state index contributed by atoms with van der Waals surface area (Å²) in [5.41, 5.74) is 1.34. The van der Waals surface area contributed by atoms with Gasteiger partial charge in [-0.1, -0.05) is 12.1 Å². The van der Waals surface area contributed by atoms with Crippen molar-refractivity contribution in [2.24, 2.45) is 0 Å². The normalized spacial score (nSPS) is 12.9. The van der Waals surface area contributed by atoms with Gasteiger partial charge in [-0.2, -0.15) is 4.68 Å². The van der Waals surface area contributed by atoms with Crippen LogP contribution >= 0.6 is 0 Å². The van der Waals surface area contributed by atoms with E-state index in [4.69, 9.17) is 0 Å². The molecule has 0 aliphatic carbocycles. The SMILES string of the molecule is O=C(CCCN1C(=O)c2ccccc2C1=O)NCc1nnnn1-c1ccc(F)cc1. The first kappa shape index (κ1) is 19.4. The summed E-state index contributed by atoms with van der Waals surface area (Å²) >= 11 is 0. The molecule has 9 nitrogen and oxygen atoms in total. The van der Waals surface area contributed by atoms with Crippen LogP contribution in [-0.4, -0.2) is 49.4 Å². The Morgan fingerprint density at radius 3 is 2.33 bits per heavy atom. The molecule has 152 valence electrons. The summed E-state index contributed by atoms with van der Waals surface area (Å²) in [7, 11) is 0. The summed E-state index contributed by atoms with van der Waals surface area (Å²) in [4.78, 5) is 37.9. The zero-order valence-corrected chi connectivity index (χ0v) is 15.8. The predicted molar refractivity (Wildman–Crippen MR) is 102 cm³/mol. The maximum atomic E-state index is 13.1. The summed E-state index contributed by atoms with van der Waals surface area (Å²) in [5, 5.41) is 14.0. The average Bonchev–Trinajstić information content (AvgIpc) is 3.32. The lowest BCUT2D eigenvalue weighted by molar-refractivity contribution is -0.121. The van der Waals surface area contributed by atoms with Crippen LogP contribution in [-0.2, 0) is 11.3 Å². The Bertz CT molecular complexity index is 1080. The van der Waals surface area contributed by atoms with E-state index in [9.17, 15) is 18.8 Å². The van der Waals surface area contributed by atoms with Crippen LogP contribution in [0.1, 0.15) is 39.4 Å². The lowest BCUT2D eigenvalue weighted by atomic mass is 10.1. The molecule has 10 heteroatoms. The second kappa shape index (κ2) is 8.19. The molecular weight excluding hydrogens is 391 g/mol. The van der Waals surface area contributed by atoms with E-state index in [-0.39, 0.29) is 43.0 Å². The highest BCUT2D eigenvalue weighted by Crippen LogP contribution is 2.22. The van der Waals surface area contributed by atoms with Gasteiger partial charge in [0.25, 0.3) is 11.8 Å². The first-order valence-electron chi connectivity index (χ1n) is 9.29. The number of hydrogen-bond acceptors (Lipinski definition) is 6. The van der Waals surface area contributed by atoms with Crippen LogP contribution in [0.3, 0.4) is 0 Å². The minimum Gasteiger partial charge on any atom is -0.349 e. The zero-order chi connectivity index (χ0) is 21.1. The molecule has 2 heterocycles. The van der Waals surface area contributed by atoms with E-state index >= 15 is 0 Å². The third kappa shape index (κ3) is 3.79. The lowest BCUT2D eigenvalue weighted by Gasteiger charge is -2.13. The highest BCUT2D eigenvalue weighted by Gasteiger charge is 2.34. The molecule has 0 bridgehead atoms. The Morgan fingerprint density at radius 2 is 1.67 bits per heavy atom. The summed E-state index contributed by atoms with van der Waals surface area (Å²) < 4.78 is 14.5. The van der Waals surface area contributed by atoms with Gasteiger partial charge in [-0.05, 0) is 53.2 Å². The number of nitrogens with one attached hydrogen (secondary N) is 1. The number of amides is 3. The molecule has 1 aromatic heterocycles. The van der Waals surface area contributed by atoms with Gasteiger partial charge in [0, 0.05) is 13.0 Å². The van der Waals surface area contributed by atoms with Gasteiger partial charge in [0.05, 0.1) is 23.4 Å². The molecule has 30 heavy (non-hydrogen) atoms. The number of rotatable bonds is 7. The van der Waals surface area contributed by atoms with Gasteiger partial charge in [-0.25, -0.2) is 4.39 Å². The quantitative estimate of drug-likeness (QED) is 0.593. The van der Waals surface area contributed by atoms with Crippen molar-refractivity contribution in [3.05, 3.63) is 71.3 Å². The van der Waals surface area contributed by atoms with Crippen LogP contribution in [0, 0.1) is 5.82 Å². The standard InChI is InChI=1S/C20H17FN6O3/c21-13-7-9-14(10-8-13)27-17(23-24-25-27)12-22-18(28)6-3-11-26-19(29)15-4-1-2-5-16(15)20(26)30/h1-2,4-5,7-10H,3,6,11-12H2,(H,22,28). The van der Waals surface area contributed by atoms with Crippen LogP contribution in [0.15, 0.2) is 48.5 Å². The smallest absolute Gasteiger partial charge is 0.261 e. The van der Waals surface area contributed by atoms with Gasteiger partial charge in [0.1, 0.15) is 5.82 Å². The highest BCUT2D eigenvalue weighted by atomic mass is 19.1. The van der Waals surface area contributed by atoms with Gasteiger partial charge in [-0.3, -0.25) is 19.3 Å². The molecule has 4 rings (SSSR count). The Kier molecular flexibility index (Phi) is 5.29. The Balaban J connectivity index is 1.28. The monoisotopic (exact) mass is 408 g/mol. The first-order valence-corrected chi connectivity index (χ1v) is 9.29. The van der Waals surface area contributed by atoms with Gasteiger partial charge >= 0.3 is 0 Å². The maximum absolute atomic E-state index is 13.1. The zero-order valence-electron chi connectivity index (χ0n) is 15.8.